The molecule has 1 saturated carbocycles. The number of ether oxygens (including phenoxy) is 1. The molecule has 1 aromatic rings. The second-order valence-corrected chi connectivity index (χ2v) is 5.55. The summed E-state index contributed by atoms with van der Waals surface area (Å²) >= 11 is 0. The Morgan fingerprint density at radius 2 is 2.14 bits per heavy atom. The number of hydrogen-bond donors (Lipinski definition) is 2. The molecule has 0 heterocycles. The number of guanidine groups is 1. The van der Waals surface area contributed by atoms with E-state index >= 15 is 0 Å². The topological polar surface area (TPSA) is 59.6 Å². The lowest BCUT2D eigenvalue weighted by molar-refractivity contribution is 0.315. The number of aliphatic imine (C=N–C) groups is 1. The van der Waals surface area contributed by atoms with Crippen LogP contribution < -0.4 is 15.8 Å². The molecule has 1 atom stereocenters. The second-order valence-electron chi connectivity index (χ2n) is 5.55. The van der Waals surface area contributed by atoms with E-state index in [2.05, 4.69) is 23.3 Å². The number of nitrogens with one attached hydrogen (secondary N) is 1. The smallest absolute Gasteiger partial charge is 0.188 e. The van der Waals surface area contributed by atoms with Crippen LogP contribution in [-0.4, -0.2) is 26.2 Å². The number of rotatable bonds is 6. The summed E-state index contributed by atoms with van der Waals surface area (Å²) in [4.78, 5) is 4.43. The van der Waals surface area contributed by atoms with Gasteiger partial charge in [-0.3, -0.25) is 4.99 Å². The highest BCUT2D eigenvalue weighted by Crippen LogP contribution is 2.26. The monoisotopic (exact) mass is 403 g/mol. The minimum absolute atomic E-state index is 0. The maximum Gasteiger partial charge on any atom is 0.188 e. The van der Waals surface area contributed by atoms with Gasteiger partial charge >= 0.3 is 0 Å². The molecule has 0 saturated heterocycles. The van der Waals surface area contributed by atoms with E-state index in [4.69, 9.17) is 10.5 Å². The van der Waals surface area contributed by atoms with Crippen LogP contribution in [-0.2, 0) is 0 Å². The van der Waals surface area contributed by atoms with Crippen molar-refractivity contribution in [2.75, 3.05) is 20.2 Å². The number of nitrogens with two attached hydrogens (primary N) is 1. The summed E-state index contributed by atoms with van der Waals surface area (Å²) in [5.41, 5.74) is 7.08. The summed E-state index contributed by atoms with van der Waals surface area (Å²) < 4.78 is 5.38. The fourth-order valence-corrected chi connectivity index (χ4v) is 2.41. The molecule has 1 aliphatic carbocycles. The predicted molar refractivity (Wildman–Crippen MR) is 98.7 cm³/mol. The summed E-state index contributed by atoms with van der Waals surface area (Å²) in [6, 6.07) is 8.06. The lowest BCUT2D eigenvalue weighted by Gasteiger charge is -2.25. The van der Waals surface area contributed by atoms with Crippen molar-refractivity contribution in [1.82, 2.24) is 5.32 Å². The molecule has 1 aliphatic rings. The third-order valence-corrected chi connectivity index (χ3v) is 4.00. The standard InChI is InChI=1S/C16H25N3O.HI/c1-12(14-8-3-4-9-15(14)20-2)10-18-16(17)19-11-13-6-5-7-13;/h3-4,8-9,12-13H,5-7,10-11H2,1-2H3,(H3,17,18,19);1H. The van der Waals surface area contributed by atoms with Gasteiger partial charge in [-0.1, -0.05) is 31.5 Å². The van der Waals surface area contributed by atoms with Gasteiger partial charge in [0, 0.05) is 19.0 Å². The Morgan fingerprint density at radius 3 is 2.76 bits per heavy atom. The third-order valence-electron chi connectivity index (χ3n) is 4.00. The van der Waals surface area contributed by atoms with Crippen molar-refractivity contribution in [3.8, 4) is 5.75 Å². The Hall–Kier alpha value is -0.980. The molecule has 0 bridgehead atoms. The molecule has 0 radical (unpaired) electrons. The lowest BCUT2D eigenvalue weighted by Crippen LogP contribution is -2.37. The zero-order valence-corrected chi connectivity index (χ0v) is 15.2. The van der Waals surface area contributed by atoms with Crippen molar-refractivity contribution in [3.63, 3.8) is 0 Å². The summed E-state index contributed by atoms with van der Waals surface area (Å²) in [5.74, 6) is 2.54. The van der Waals surface area contributed by atoms with Gasteiger partial charge in [0.05, 0.1) is 7.11 Å². The van der Waals surface area contributed by atoms with Crippen molar-refractivity contribution < 1.29 is 4.74 Å². The minimum Gasteiger partial charge on any atom is -0.496 e. The van der Waals surface area contributed by atoms with Gasteiger partial charge in [0.2, 0.25) is 0 Å². The van der Waals surface area contributed by atoms with Gasteiger partial charge in [-0.05, 0) is 30.4 Å². The molecule has 2 rings (SSSR count). The van der Waals surface area contributed by atoms with Gasteiger partial charge in [0.15, 0.2) is 5.96 Å². The first-order valence-corrected chi connectivity index (χ1v) is 7.37. The highest BCUT2D eigenvalue weighted by molar-refractivity contribution is 14.0. The molecule has 5 heteroatoms. The normalized spacial score (nSPS) is 16.6. The summed E-state index contributed by atoms with van der Waals surface area (Å²) in [6.07, 6.45) is 3.99. The third kappa shape index (κ3) is 5.37. The SMILES string of the molecule is COc1ccccc1C(C)CN=C(N)NCC1CCC1.I. The molecule has 21 heavy (non-hydrogen) atoms. The molecule has 1 aromatic carbocycles. The number of halogens is 1. The number of methoxy groups -OCH3 is 1. The van der Waals surface area contributed by atoms with Crippen LogP contribution in [0.3, 0.4) is 0 Å². The quantitative estimate of drug-likeness (QED) is 0.436. The Balaban J connectivity index is 0.00000220. The van der Waals surface area contributed by atoms with E-state index in [0.717, 1.165) is 18.2 Å². The summed E-state index contributed by atoms with van der Waals surface area (Å²) in [6.45, 7) is 3.77. The van der Waals surface area contributed by atoms with E-state index in [1.807, 2.05) is 18.2 Å². The maximum absolute atomic E-state index is 5.91. The van der Waals surface area contributed by atoms with Crippen LogP contribution in [0, 0.1) is 5.92 Å². The van der Waals surface area contributed by atoms with E-state index in [0.29, 0.717) is 12.5 Å². The van der Waals surface area contributed by atoms with Crippen molar-refractivity contribution in [2.45, 2.75) is 32.1 Å². The van der Waals surface area contributed by atoms with E-state index in [1.54, 1.807) is 7.11 Å². The first-order valence-electron chi connectivity index (χ1n) is 7.37. The van der Waals surface area contributed by atoms with Gasteiger partial charge in [-0.2, -0.15) is 0 Å². The highest BCUT2D eigenvalue weighted by atomic mass is 127. The molecule has 0 spiro atoms. The highest BCUT2D eigenvalue weighted by Gasteiger charge is 2.17. The van der Waals surface area contributed by atoms with Crippen LogP contribution >= 0.6 is 24.0 Å². The van der Waals surface area contributed by atoms with Crippen LogP contribution in [0.4, 0.5) is 0 Å². The summed E-state index contributed by atoms with van der Waals surface area (Å²) in [5, 5.41) is 3.22. The van der Waals surface area contributed by atoms with Crippen LogP contribution in [0.25, 0.3) is 0 Å². The van der Waals surface area contributed by atoms with E-state index in [9.17, 15) is 0 Å². The molecular weight excluding hydrogens is 377 g/mol. The Labute approximate surface area is 144 Å². The molecule has 4 nitrogen and oxygen atoms in total. The average Bonchev–Trinajstić information content (AvgIpc) is 2.43. The molecule has 118 valence electrons. The zero-order valence-electron chi connectivity index (χ0n) is 12.8. The number of benzene rings is 1. The largest absolute Gasteiger partial charge is 0.496 e. The maximum atomic E-state index is 5.91. The number of nitrogens with zero attached hydrogens (tertiary/aromatic N) is 1. The van der Waals surface area contributed by atoms with Gasteiger partial charge in [-0.15, -0.1) is 24.0 Å². The molecular formula is C16H26IN3O. The van der Waals surface area contributed by atoms with E-state index < -0.39 is 0 Å². The average molecular weight is 403 g/mol. The molecule has 3 N–H and O–H groups in total. The minimum atomic E-state index is 0. The molecule has 0 aromatic heterocycles. The van der Waals surface area contributed by atoms with Gasteiger partial charge < -0.3 is 15.8 Å². The fraction of sp³-hybridized carbons (Fsp3) is 0.562. The van der Waals surface area contributed by atoms with E-state index in [-0.39, 0.29) is 29.9 Å². The van der Waals surface area contributed by atoms with Crippen molar-refractivity contribution in [2.24, 2.45) is 16.6 Å². The Bertz CT molecular complexity index is 461. The molecule has 1 fully saturated rings. The first kappa shape index (κ1) is 18.1. The van der Waals surface area contributed by atoms with Crippen LogP contribution in [0.1, 0.15) is 37.7 Å². The van der Waals surface area contributed by atoms with Gasteiger partial charge in [0.1, 0.15) is 5.75 Å². The van der Waals surface area contributed by atoms with Crippen LogP contribution in [0.2, 0.25) is 0 Å². The van der Waals surface area contributed by atoms with Crippen molar-refractivity contribution >= 4 is 29.9 Å². The zero-order chi connectivity index (χ0) is 14.4. The second kappa shape index (κ2) is 9.12. The Morgan fingerprint density at radius 1 is 1.43 bits per heavy atom. The molecule has 1 unspecified atom stereocenters. The Kier molecular flexibility index (Phi) is 7.85. The van der Waals surface area contributed by atoms with Gasteiger partial charge in [-0.25, -0.2) is 0 Å². The lowest BCUT2D eigenvalue weighted by atomic mass is 9.85. The van der Waals surface area contributed by atoms with Crippen molar-refractivity contribution in [1.29, 1.82) is 0 Å². The number of hydrogen-bond acceptors (Lipinski definition) is 2. The van der Waals surface area contributed by atoms with Crippen LogP contribution in [0.5, 0.6) is 5.75 Å². The predicted octanol–water partition coefficient (Wildman–Crippen LogP) is 3.12. The number of para-hydroxylation sites is 1. The first-order chi connectivity index (χ1) is 9.70. The summed E-state index contributed by atoms with van der Waals surface area (Å²) in [7, 11) is 1.70. The molecule has 0 aliphatic heterocycles. The van der Waals surface area contributed by atoms with E-state index in [1.165, 1.54) is 24.8 Å². The fourth-order valence-electron chi connectivity index (χ4n) is 2.41. The van der Waals surface area contributed by atoms with Crippen LogP contribution in [0.15, 0.2) is 29.3 Å². The van der Waals surface area contributed by atoms with Crippen molar-refractivity contribution in [3.05, 3.63) is 29.8 Å². The van der Waals surface area contributed by atoms with Gasteiger partial charge in [0.25, 0.3) is 0 Å². The molecule has 0 amide bonds.